The van der Waals surface area contributed by atoms with Crippen molar-refractivity contribution in [1.29, 1.82) is 0 Å². The Balaban J connectivity index is 1.71. The van der Waals surface area contributed by atoms with Gasteiger partial charge in [-0.15, -0.1) is 11.3 Å². The van der Waals surface area contributed by atoms with Crippen LogP contribution in [0.4, 0.5) is 0 Å². The third-order valence-electron chi connectivity index (χ3n) is 3.74. The molecule has 26 heavy (non-hydrogen) atoms. The van der Waals surface area contributed by atoms with Gasteiger partial charge in [-0.05, 0) is 25.5 Å². The number of methoxy groups -OCH3 is 1. The van der Waals surface area contributed by atoms with Crippen LogP contribution in [-0.2, 0) is 12.8 Å². The molecule has 0 bridgehead atoms. The number of nitrogens with one attached hydrogen (secondary N) is 2. The standard InChI is InChI=1S/C19H28N4O2S/c1-5-17-13-22-18(26-17)9-10-21-19(20-3)23-12-14(2)25-16-8-6-7-15(11-16)24-4/h6-8,11,13-14H,5,9-10,12H2,1-4H3,(H2,20,21,23). The van der Waals surface area contributed by atoms with E-state index in [1.54, 1.807) is 25.5 Å². The second-order valence-corrected chi connectivity index (χ2v) is 7.01. The molecule has 7 heteroatoms. The fourth-order valence-electron chi connectivity index (χ4n) is 2.32. The number of hydrogen-bond donors (Lipinski definition) is 2. The van der Waals surface area contributed by atoms with E-state index >= 15 is 0 Å². The molecule has 1 atom stereocenters. The van der Waals surface area contributed by atoms with E-state index in [9.17, 15) is 0 Å². The largest absolute Gasteiger partial charge is 0.497 e. The summed E-state index contributed by atoms with van der Waals surface area (Å²) in [6.45, 7) is 5.60. The second-order valence-electron chi connectivity index (χ2n) is 5.81. The zero-order valence-electron chi connectivity index (χ0n) is 15.9. The molecule has 1 unspecified atom stereocenters. The van der Waals surface area contributed by atoms with Crippen LogP contribution in [0.5, 0.6) is 11.5 Å². The summed E-state index contributed by atoms with van der Waals surface area (Å²) in [5.74, 6) is 2.34. The second kappa shape index (κ2) is 10.7. The molecular weight excluding hydrogens is 348 g/mol. The summed E-state index contributed by atoms with van der Waals surface area (Å²) >= 11 is 1.77. The van der Waals surface area contributed by atoms with Crippen molar-refractivity contribution >= 4 is 17.3 Å². The Kier molecular flexibility index (Phi) is 8.21. The van der Waals surface area contributed by atoms with Gasteiger partial charge in [0.05, 0.1) is 18.7 Å². The molecule has 0 amide bonds. The molecule has 2 rings (SSSR count). The maximum absolute atomic E-state index is 5.91. The molecule has 0 saturated heterocycles. The number of ether oxygens (including phenoxy) is 2. The van der Waals surface area contributed by atoms with Gasteiger partial charge >= 0.3 is 0 Å². The van der Waals surface area contributed by atoms with Crippen molar-refractivity contribution in [3.05, 3.63) is 40.3 Å². The van der Waals surface area contributed by atoms with Crippen LogP contribution in [0.1, 0.15) is 23.7 Å². The highest BCUT2D eigenvalue weighted by atomic mass is 32.1. The van der Waals surface area contributed by atoms with Crippen molar-refractivity contribution in [2.75, 3.05) is 27.2 Å². The number of hydrogen-bond acceptors (Lipinski definition) is 5. The minimum absolute atomic E-state index is 0.00766. The molecule has 142 valence electrons. The molecule has 1 aromatic carbocycles. The fraction of sp³-hybridized carbons (Fsp3) is 0.474. The molecule has 0 radical (unpaired) electrons. The highest BCUT2D eigenvalue weighted by molar-refractivity contribution is 7.11. The van der Waals surface area contributed by atoms with Crippen LogP contribution in [0.2, 0.25) is 0 Å². The molecular formula is C19H28N4O2S. The van der Waals surface area contributed by atoms with Gasteiger partial charge in [0.15, 0.2) is 5.96 Å². The van der Waals surface area contributed by atoms with Crippen molar-refractivity contribution < 1.29 is 9.47 Å². The van der Waals surface area contributed by atoms with E-state index in [4.69, 9.17) is 9.47 Å². The van der Waals surface area contributed by atoms with Crippen LogP contribution >= 0.6 is 11.3 Å². The van der Waals surface area contributed by atoms with Crippen molar-refractivity contribution in [2.45, 2.75) is 32.8 Å². The maximum Gasteiger partial charge on any atom is 0.191 e. The lowest BCUT2D eigenvalue weighted by Gasteiger charge is -2.18. The summed E-state index contributed by atoms with van der Waals surface area (Å²) < 4.78 is 11.1. The van der Waals surface area contributed by atoms with E-state index in [0.29, 0.717) is 6.54 Å². The Morgan fingerprint density at radius 3 is 2.81 bits per heavy atom. The Morgan fingerprint density at radius 1 is 1.31 bits per heavy atom. The van der Waals surface area contributed by atoms with E-state index in [1.165, 1.54) is 4.88 Å². The first-order chi connectivity index (χ1) is 12.6. The summed E-state index contributed by atoms with van der Waals surface area (Å²) in [6.07, 6.45) is 3.89. The van der Waals surface area contributed by atoms with Gasteiger partial charge in [-0.1, -0.05) is 13.0 Å². The van der Waals surface area contributed by atoms with E-state index in [-0.39, 0.29) is 6.10 Å². The molecule has 0 spiro atoms. The highest BCUT2D eigenvalue weighted by Crippen LogP contribution is 2.19. The summed E-state index contributed by atoms with van der Waals surface area (Å²) in [4.78, 5) is 10.0. The maximum atomic E-state index is 5.91. The number of guanidine groups is 1. The first-order valence-corrected chi connectivity index (χ1v) is 9.65. The summed E-state index contributed by atoms with van der Waals surface area (Å²) in [6, 6.07) is 7.61. The minimum atomic E-state index is -0.00766. The quantitative estimate of drug-likeness (QED) is 0.520. The lowest BCUT2D eigenvalue weighted by Crippen LogP contribution is -2.42. The monoisotopic (exact) mass is 376 g/mol. The summed E-state index contributed by atoms with van der Waals surface area (Å²) in [5, 5.41) is 7.75. The molecule has 2 aromatic rings. The van der Waals surface area contributed by atoms with Crippen LogP contribution in [0.15, 0.2) is 35.5 Å². The topological polar surface area (TPSA) is 67.8 Å². The smallest absolute Gasteiger partial charge is 0.191 e. The Morgan fingerprint density at radius 2 is 2.12 bits per heavy atom. The molecule has 1 heterocycles. The predicted octanol–water partition coefficient (Wildman–Crippen LogP) is 2.89. The van der Waals surface area contributed by atoms with Crippen molar-refractivity contribution in [3.63, 3.8) is 0 Å². The van der Waals surface area contributed by atoms with Crippen molar-refractivity contribution in [3.8, 4) is 11.5 Å². The van der Waals surface area contributed by atoms with Crippen LogP contribution in [0.3, 0.4) is 0 Å². The molecule has 0 aliphatic rings. The van der Waals surface area contributed by atoms with E-state index in [2.05, 4.69) is 27.5 Å². The number of benzene rings is 1. The van der Waals surface area contributed by atoms with E-state index in [1.807, 2.05) is 37.4 Å². The number of aliphatic imine (C=N–C) groups is 1. The van der Waals surface area contributed by atoms with E-state index < -0.39 is 0 Å². The van der Waals surface area contributed by atoms with Crippen LogP contribution in [-0.4, -0.2) is 44.3 Å². The Bertz CT molecular complexity index is 702. The van der Waals surface area contributed by atoms with Gasteiger partial charge < -0.3 is 20.1 Å². The zero-order chi connectivity index (χ0) is 18.8. The van der Waals surface area contributed by atoms with Crippen LogP contribution < -0.4 is 20.1 Å². The molecule has 6 nitrogen and oxygen atoms in total. The number of nitrogens with zero attached hydrogens (tertiary/aromatic N) is 2. The highest BCUT2D eigenvalue weighted by Gasteiger charge is 2.07. The lowest BCUT2D eigenvalue weighted by molar-refractivity contribution is 0.223. The predicted molar refractivity (Wildman–Crippen MR) is 108 cm³/mol. The summed E-state index contributed by atoms with van der Waals surface area (Å²) in [7, 11) is 3.41. The van der Waals surface area contributed by atoms with Gasteiger partial charge in [-0.25, -0.2) is 4.98 Å². The normalized spacial score (nSPS) is 12.5. The third kappa shape index (κ3) is 6.55. The van der Waals surface area contributed by atoms with Crippen LogP contribution in [0, 0.1) is 0 Å². The van der Waals surface area contributed by atoms with Crippen molar-refractivity contribution in [1.82, 2.24) is 15.6 Å². The van der Waals surface area contributed by atoms with Crippen LogP contribution in [0.25, 0.3) is 0 Å². The molecule has 0 fully saturated rings. The molecule has 1 aromatic heterocycles. The molecule has 0 aliphatic heterocycles. The summed E-state index contributed by atoms with van der Waals surface area (Å²) in [5.41, 5.74) is 0. The fourth-order valence-corrected chi connectivity index (χ4v) is 3.19. The Labute approximate surface area is 159 Å². The zero-order valence-corrected chi connectivity index (χ0v) is 16.7. The first kappa shape index (κ1) is 20.0. The Hall–Kier alpha value is -2.28. The number of rotatable bonds is 9. The lowest BCUT2D eigenvalue weighted by atomic mass is 10.3. The van der Waals surface area contributed by atoms with Gasteiger partial charge in [0, 0.05) is 37.2 Å². The first-order valence-electron chi connectivity index (χ1n) is 8.83. The average molecular weight is 377 g/mol. The average Bonchev–Trinajstić information content (AvgIpc) is 3.12. The minimum Gasteiger partial charge on any atom is -0.497 e. The number of aryl methyl sites for hydroxylation is 1. The molecule has 0 aliphatic carbocycles. The van der Waals surface area contributed by atoms with Gasteiger partial charge in [0.25, 0.3) is 0 Å². The van der Waals surface area contributed by atoms with Gasteiger partial charge in [0.1, 0.15) is 17.6 Å². The van der Waals surface area contributed by atoms with Gasteiger partial charge in [-0.3, -0.25) is 4.99 Å². The van der Waals surface area contributed by atoms with Gasteiger partial charge in [-0.2, -0.15) is 0 Å². The number of thiazole rings is 1. The molecule has 2 N–H and O–H groups in total. The van der Waals surface area contributed by atoms with E-state index in [0.717, 1.165) is 41.9 Å². The molecule has 0 saturated carbocycles. The van der Waals surface area contributed by atoms with Crippen molar-refractivity contribution in [2.24, 2.45) is 4.99 Å². The third-order valence-corrected chi connectivity index (χ3v) is 4.94. The van der Waals surface area contributed by atoms with Gasteiger partial charge in [0.2, 0.25) is 0 Å². The SMILES string of the molecule is CCc1cnc(CCNC(=NC)NCC(C)Oc2cccc(OC)c2)s1. The number of aromatic nitrogens is 1.